The smallest absolute Gasteiger partial charge is 0.278 e. The molecule has 5 rings (SSSR count). The van der Waals surface area contributed by atoms with E-state index in [0.717, 1.165) is 60.4 Å². The van der Waals surface area contributed by atoms with Gasteiger partial charge in [-0.05, 0) is 44.3 Å². The number of amides is 1. The van der Waals surface area contributed by atoms with E-state index >= 15 is 0 Å². The molecule has 30 heavy (non-hydrogen) atoms. The predicted molar refractivity (Wildman–Crippen MR) is 117 cm³/mol. The maximum absolute atomic E-state index is 12.8. The SMILES string of the molecule is CONC(=O)c1cc2c(N3CCCN(C)CC3)ccnc2n2c1nc1ccccc12. The number of likely N-dealkylation sites (N-methyl/N-ethyl adjacent to an activating group) is 1. The normalized spacial score (nSPS) is 15.7. The largest absolute Gasteiger partial charge is 0.370 e. The summed E-state index contributed by atoms with van der Waals surface area (Å²) < 4.78 is 1.97. The van der Waals surface area contributed by atoms with Gasteiger partial charge in [-0.1, -0.05) is 12.1 Å². The first-order chi connectivity index (χ1) is 14.7. The molecule has 0 saturated carbocycles. The molecule has 3 aromatic heterocycles. The van der Waals surface area contributed by atoms with Crippen molar-refractivity contribution in [3.63, 3.8) is 0 Å². The molecular formula is C22H24N6O2. The number of rotatable bonds is 3. The van der Waals surface area contributed by atoms with Crippen LogP contribution in [0.15, 0.2) is 42.6 Å². The van der Waals surface area contributed by atoms with Crippen molar-refractivity contribution < 1.29 is 9.63 Å². The maximum atomic E-state index is 12.8. The third-order valence-electron chi connectivity index (χ3n) is 5.75. The molecule has 0 unspecified atom stereocenters. The number of hydroxylamine groups is 1. The number of carbonyl (C=O) groups is 1. The number of imidazole rings is 1. The lowest BCUT2D eigenvalue weighted by atomic mass is 10.1. The number of hydrogen-bond donors (Lipinski definition) is 1. The average Bonchev–Trinajstić information content (AvgIpc) is 3.02. The second kappa shape index (κ2) is 7.55. The molecule has 1 fully saturated rings. The van der Waals surface area contributed by atoms with Gasteiger partial charge in [-0.2, -0.15) is 0 Å². The Hall–Kier alpha value is -3.23. The minimum atomic E-state index is -0.329. The van der Waals surface area contributed by atoms with Crippen molar-refractivity contribution in [2.45, 2.75) is 6.42 Å². The molecule has 8 heteroatoms. The van der Waals surface area contributed by atoms with Gasteiger partial charge in [0.2, 0.25) is 0 Å². The zero-order valence-electron chi connectivity index (χ0n) is 17.1. The Labute approximate surface area is 174 Å². The first kappa shape index (κ1) is 18.8. The second-order valence-corrected chi connectivity index (χ2v) is 7.66. The van der Waals surface area contributed by atoms with Crippen LogP contribution in [0.4, 0.5) is 5.69 Å². The topological polar surface area (TPSA) is 75.0 Å². The fourth-order valence-electron chi connectivity index (χ4n) is 4.28. The third kappa shape index (κ3) is 3.05. The molecule has 154 valence electrons. The summed E-state index contributed by atoms with van der Waals surface area (Å²) in [5.74, 6) is -0.329. The number of pyridine rings is 2. The van der Waals surface area contributed by atoms with Crippen LogP contribution in [0.2, 0.25) is 0 Å². The van der Waals surface area contributed by atoms with Crippen LogP contribution < -0.4 is 10.4 Å². The Morgan fingerprint density at radius 3 is 2.83 bits per heavy atom. The summed E-state index contributed by atoms with van der Waals surface area (Å²) in [6.07, 6.45) is 2.93. The van der Waals surface area contributed by atoms with Crippen LogP contribution in [-0.2, 0) is 4.84 Å². The van der Waals surface area contributed by atoms with E-state index in [1.165, 1.54) is 7.11 Å². The predicted octanol–water partition coefficient (Wildman–Crippen LogP) is 2.47. The Bertz CT molecular complexity index is 1250. The number of aromatic nitrogens is 3. The van der Waals surface area contributed by atoms with Gasteiger partial charge in [0.25, 0.3) is 5.91 Å². The van der Waals surface area contributed by atoms with Crippen molar-refractivity contribution in [3.05, 3.63) is 48.2 Å². The van der Waals surface area contributed by atoms with Gasteiger partial charge in [0, 0.05) is 36.9 Å². The molecule has 1 aliphatic rings. The zero-order chi connectivity index (χ0) is 20.7. The van der Waals surface area contributed by atoms with E-state index in [1.807, 2.05) is 47.0 Å². The van der Waals surface area contributed by atoms with Gasteiger partial charge in [-0.25, -0.2) is 15.4 Å². The van der Waals surface area contributed by atoms with E-state index in [0.29, 0.717) is 11.2 Å². The Kier molecular flexibility index (Phi) is 4.72. The molecule has 1 saturated heterocycles. The molecule has 8 nitrogen and oxygen atoms in total. The highest BCUT2D eigenvalue weighted by atomic mass is 16.6. The third-order valence-corrected chi connectivity index (χ3v) is 5.75. The van der Waals surface area contributed by atoms with Gasteiger partial charge in [-0.15, -0.1) is 0 Å². The van der Waals surface area contributed by atoms with Crippen molar-refractivity contribution in [2.75, 3.05) is 45.2 Å². The number of fused-ring (bicyclic) bond motifs is 5. The summed E-state index contributed by atoms with van der Waals surface area (Å²) in [6, 6.07) is 11.8. The summed E-state index contributed by atoms with van der Waals surface area (Å²) >= 11 is 0. The lowest BCUT2D eigenvalue weighted by Crippen LogP contribution is -2.29. The van der Waals surface area contributed by atoms with Crippen molar-refractivity contribution >= 4 is 39.3 Å². The number of carbonyl (C=O) groups excluding carboxylic acids is 1. The summed E-state index contributed by atoms with van der Waals surface area (Å²) in [6.45, 7) is 3.97. The molecule has 1 aliphatic heterocycles. The highest BCUT2D eigenvalue weighted by molar-refractivity contribution is 6.07. The van der Waals surface area contributed by atoms with E-state index in [1.54, 1.807) is 0 Å². The highest BCUT2D eigenvalue weighted by Gasteiger charge is 2.22. The fraction of sp³-hybridized carbons (Fsp3) is 0.318. The molecule has 0 aliphatic carbocycles. The first-order valence-electron chi connectivity index (χ1n) is 10.1. The maximum Gasteiger partial charge on any atom is 0.278 e. The van der Waals surface area contributed by atoms with E-state index in [9.17, 15) is 4.79 Å². The Morgan fingerprint density at radius 2 is 1.97 bits per heavy atom. The first-order valence-corrected chi connectivity index (χ1v) is 10.1. The van der Waals surface area contributed by atoms with Crippen LogP contribution in [0, 0.1) is 0 Å². The monoisotopic (exact) mass is 404 g/mol. The molecule has 0 spiro atoms. The average molecular weight is 404 g/mol. The van der Waals surface area contributed by atoms with Gasteiger partial charge in [0.15, 0.2) is 5.65 Å². The molecule has 0 radical (unpaired) electrons. The molecule has 1 aromatic carbocycles. The van der Waals surface area contributed by atoms with Crippen LogP contribution in [0.5, 0.6) is 0 Å². The summed E-state index contributed by atoms with van der Waals surface area (Å²) in [4.78, 5) is 31.9. The molecule has 1 amide bonds. The highest BCUT2D eigenvalue weighted by Crippen LogP contribution is 2.31. The summed E-state index contributed by atoms with van der Waals surface area (Å²) in [7, 11) is 3.58. The van der Waals surface area contributed by atoms with Crippen molar-refractivity contribution in [3.8, 4) is 0 Å². The molecule has 4 heterocycles. The number of para-hydroxylation sites is 2. The number of benzene rings is 1. The van der Waals surface area contributed by atoms with Crippen molar-refractivity contribution in [1.29, 1.82) is 0 Å². The van der Waals surface area contributed by atoms with E-state index in [2.05, 4.69) is 22.3 Å². The number of hydrogen-bond acceptors (Lipinski definition) is 6. The van der Waals surface area contributed by atoms with E-state index in [4.69, 9.17) is 14.8 Å². The number of anilines is 1. The number of nitrogens with one attached hydrogen (secondary N) is 1. The molecule has 4 aromatic rings. The number of nitrogens with zero attached hydrogens (tertiary/aromatic N) is 5. The van der Waals surface area contributed by atoms with Gasteiger partial charge < -0.3 is 9.80 Å². The van der Waals surface area contributed by atoms with Gasteiger partial charge in [0.1, 0.15) is 5.65 Å². The minimum absolute atomic E-state index is 0.329. The van der Waals surface area contributed by atoms with Crippen LogP contribution in [0.25, 0.3) is 27.7 Å². The summed E-state index contributed by atoms with van der Waals surface area (Å²) in [5.41, 5.74) is 7.09. The van der Waals surface area contributed by atoms with Crippen LogP contribution in [-0.4, -0.2) is 65.5 Å². The Morgan fingerprint density at radius 1 is 1.10 bits per heavy atom. The van der Waals surface area contributed by atoms with Crippen molar-refractivity contribution in [1.82, 2.24) is 24.7 Å². The van der Waals surface area contributed by atoms with E-state index in [-0.39, 0.29) is 5.91 Å². The summed E-state index contributed by atoms with van der Waals surface area (Å²) in [5, 5.41) is 0.930. The molecule has 0 atom stereocenters. The molecule has 1 N–H and O–H groups in total. The fourth-order valence-corrected chi connectivity index (χ4v) is 4.28. The Balaban J connectivity index is 1.81. The van der Waals surface area contributed by atoms with Crippen LogP contribution in [0.3, 0.4) is 0 Å². The van der Waals surface area contributed by atoms with E-state index < -0.39 is 0 Å². The van der Waals surface area contributed by atoms with Crippen LogP contribution in [0.1, 0.15) is 16.8 Å². The zero-order valence-corrected chi connectivity index (χ0v) is 17.1. The van der Waals surface area contributed by atoms with Gasteiger partial charge in [-0.3, -0.25) is 14.0 Å². The van der Waals surface area contributed by atoms with Crippen molar-refractivity contribution in [2.24, 2.45) is 0 Å². The van der Waals surface area contributed by atoms with Gasteiger partial charge in [0.05, 0.1) is 23.7 Å². The van der Waals surface area contributed by atoms with Crippen LogP contribution >= 0.6 is 0 Å². The van der Waals surface area contributed by atoms with Gasteiger partial charge >= 0.3 is 0 Å². The second-order valence-electron chi connectivity index (χ2n) is 7.66. The lowest BCUT2D eigenvalue weighted by molar-refractivity contribution is 0.0539. The molecular weight excluding hydrogens is 380 g/mol. The molecule has 0 bridgehead atoms. The quantitative estimate of drug-likeness (QED) is 0.529. The minimum Gasteiger partial charge on any atom is -0.370 e. The standard InChI is InChI=1S/C22H24N6O2/c1-26-10-5-11-27(13-12-26)18-8-9-23-20-15(18)14-16(22(29)25-30-2)21-24-17-6-3-4-7-19(17)28(20)21/h3-4,6-9,14H,5,10-13H2,1-2H3,(H,25,29). The lowest BCUT2D eigenvalue weighted by Gasteiger charge is -2.24.